The lowest BCUT2D eigenvalue weighted by atomic mass is 9.82. The first-order valence-electron chi connectivity index (χ1n) is 18.1. The summed E-state index contributed by atoms with van der Waals surface area (Å²) in [4.78, 5) is 47.0. The van der Waals surface area contributed by atoms with Gasteiger partial charge in [-0.05, 0) is 19.3 Å². The number of carbonyl (C=O) groups excluding carboxylic acids is 1. The molecule has 0 aromatic heterocycles. The molecule has 0 aromatic rings. The number of carboxylic acids is 3. The molecule has 0 saturated carbocycles. The summed E-state index contributed by atoms with van der Waals surface area (Å²) in [5.41, 5.74) is 0. The van der Waals surface area contributed by atoms with E-state index in [0.717, 1.165) is 64.2 Å². The van der Waals surface area contributed by atoms with E-state index in [-0.39, 0.29) is 31.7 Å². The van der Waals surface area contributed by atoms with Crippen molar-refractivity contribution in [3.05, 3.63) is 0 Å². The molecule has 0 spiro atoms. The molecule has 0 saturated heterocycles. The lowest BCUT2D eigenvalue weighted by molar-refractivity contribution is -0.152. The fourth-order valence-corrected chi connectivity index (χ4v) is 6.97. The van der Waals surface area contributed by atoms with Crippen molar-refractivity contribution in [2.24, 2.45) is 5.92 Å². The molecule has 0 aliphatic heterocycles. The third-order valence-corrected chi connectivity index (χ3v) is 10.3. The fourth-order valence-electron chi connectivity index (χ4n) is 5.77. The van der Waals surface area contributed by atoms with Crippen LogP contribution in [-0.2, 0) is 29.3 Å². The quantitative estimate of drug-likeness (QED) is 0.0421. The second kappa shape index (κ2) is 28.8. The highest BCUT2D eigenvalue weighted by Gasteiger charge is 2.58. The Hall–Kier alpha value is -2.21. The van der Waals surface area contributed by atoms with Crippen molar-refractivity contribution in [1.29, 1.82) is 0 Å². The summed E-state index contributed by atoms with van der Waals surface area (Å²) in [6.45, 7) is 6.16. The number of carbonyl (C=O) groups is 4. The highest BCUT2D eigenvalue weighted by Crippen LogP contribution is 2.37. The minimum absolute atomic E-state index is 0.0645. The topological polar surface area (TPSA) is 187 Å². The summed E-state index contributed by atoms with van der Waals surface area (Å²) in [5, 5.41) is 27.9. The van der Waals surface area contributed by atoms with E-state index in [1.54, 1.807) is 7.05 Å². The molecule has 0 radical (unpaired) electrons. The number of unbranched alkanes of at least 4 members (excludes halogenated alkanes) is 18. The van der Waals surface area contributed by atoms with Crippen molar-refractivity contribution in [3.63, 3.8) is 0 Å². The van der Waals surface area contributed by atoms with Crippen LogP contribution in [-0.4, -0.2) is 75.3 Å². The summed E-state index contributed by atoms with van der Waals surface area (Å²) in [6, 6.07) is 0. The van der Waals surface area contributed by atoms with Crippen LogP contribution in [0.3, 0.4) is 0 Å². The predicted octanol–water partition coefficient (Wildman–Crippen LogP) is 8.35. The second-order valence-corrected chi connectivity index (χ2v) is 14.5. The van der Waals surface area contributed by atoms with Crippen LogP contribution in [0.4, 0.5) is 0 Å². The number of aliphatic carboxylic acids is 3. The first-order chi connectivity index (χ1) is 22.2. The number of likely N-dealkylation sites (N-methyl/N-ethyl adjacent to an activating group) is 1. The molecule has 11 nitrogen and oxygen atoms in total. The van der Waals surface area contributed by atoms with Crippen LogP contribution in [0.25, 0.3) is 0 Å². The molecule has 2 unspecified atom stereocenters. The first kappa shape index (κ1) is 46.9. The van der Waals surface area contributed by atoms with Crippen molar-refractivity contribution in [2.45, 2.75) is 180 Å². The van der Waals surface area contributed by atoms with Crippen LogP contribution in [0.15, 0.2) is 0 Å². The van der Waals surface area contributed by atoms with Gasteiger partial charge in [0.1, 0.15) is 6.54 Å². The molecule has 0 fully saturated rings. The summed E-state index contributed by atoms with van der Waals surface area (Å²) in [7, 11) is -3.55. The summed E-state index contributed by atoms with van der Waals surface area (Å²) >= 11 is 0. The van der Waals surface area contributed by atoms with Gasteiger partial charge in [-0.3, -0.25) is 23.7 Å². The molecule has 0 rings (SSSR count). The third kappa shape index (κ3) is 22.1. The Bertz CT molecular complexity index is 956. The van der Waals surface area contributed by atoms with Gasteiger partial charge in [-0.2, -0.15) is 8.42 Å². The van der Waals surface area contributed by atoms with E-state index in [0.29, 0.717) is 25.7 Å². The largest absolute Gasteiger partial charge is 0.481 e. The Kier molecular flexibility index (Phi) is 28.7. The predicted molar refractivity (Wildman–Crippen MR) is 186 cm³/mol. The molecule has 2 atom stereocenters. The van der Waals surface area contributed by atoms with Crippen molar-refractivity contribution in [2.75, 3.05) is 13.6 Å². The average molecular weight is 694 g/mol. The van der Waals surface area contributed by atoms with Gasteiger partial charge in [-0.15, -0.1) is 0 Å². The average Bonchev–Trinajstić information content (AvgIpc) is 2.99. The number of amides is 1. The van der Waals surface area contributed by atoms with E-state index >= 15 is 0 Å². The van der Waals surface area contributed by atoms with Gasteiger partial charge >= 0.3 is 17.9 Å². The normalized spacial score (nSPS) is 13.2. The fraction of sp³-hybridized carbons (Fsp3) is 0.886. The van der Waals surface area contributed by atoms with Crippen molar-refractivity contribution < 1.29 is 47.5 Å². The standard InChI is InChI=1S/C20H38O7S.C15H29NO3/c1-3-5-7-9-11-13-15-17(18(21)22)20(19(23)24,28(25,26)27)16-14-12-10-8-6-4-2;1-3-4-5-6-7-8-9-10-11-12-14(17)16(2)13-15(18)19/h17H,3-16H2,1-2H3,(H,21,22)(H,23,24)(H,25,26,27);3-13H2,1-2H3,(H,18,19). The van der Waals surface area contributed by atoms with Crippen LogP contribution in [0.5, 0.6) is 0 Å². The SMILES string of the molecule is CCCCCCCCC(C(=O)O)C(CCCCCCCC)(C(=O)O)S(=O)(=O)O.CCCCCCCCCCCC(=O)N(C)CC(=O)O. The van der Waals surface area contributed by atoms with Crippen molar-refractivity contribution in [1.82, 2.24) is 4.90 Å². The summed E-state index contributed by atoms with van der Waals surface area (Å²) < 4.78 is 31.3. The van der Waals surface area contributed by atoms with E-state index in [4.69, 9.17) is 5.11 Å². The number of carboxylic acid groups (broad SMARTS) is 3. The molecule has 12 heteroatoms. The monoisotopic (exact) mass is 693 g/mol. The molecule has 4 N–H and O–H groups in total. The summed E-state index contributed by atoms with van der Waals surface area (Å²) in [6.07, 6.45) is 20.9. The molecule has 47 heavy (non-hydrogen) atoms. The van der Waals surface area contributed by atoms with E-state index in [9.17, 15) is 42.4 Å². The third-order valence-electron chi connectivity index (χ3n) is 8.72. The zero-order chi connectivity index (χ0) is 36.1. The van der Waals surface area contributed by atoms with Crippen molar-refractivity contribution >= 4 is 33.9 Å². The maximum Gasteiger partial charge on any atom is 0.328 e. The van der Waals surface area contributed by atoms with E-state index in [1.165, 1.54) is 49.8 Å². The van der Waals surface area contributed by atoms with Crippen LogP contribution in [0.1, 0.15) is 175 Å². The maximum atomic E-state index is 12.1. The van der Waals surface area contributed by atoms with Gasteiger partial charge in [-0.25, -0.2) is 0 Å². The van der Waals surface area contributed by atoms with Gasteiger partial charge in [0, 0.05) is 13.5 Å². The van der Waals surface area contributed by atoms with Crippen LogP contribution >= 0.6 is 0 Å². The number of hydrogen-bond acceptors (Lipinski definition) is 6. The first-order valence-corrected chi connectivity index (χ1v) is 19.6. The molecule has 278 valence electrons. The number of hydrogen-bond donors (Lipinski definition) is 4. The zero-order valence-electron chi connectivity index (χ0n) is 29.8. The van der Waals surface area contributed by atoms with Gasteiger partial charge in [0.25, 0.3) is 10.1 Å². The summed E-state index contributed by atoms with van der Waals surface area (Å²) in [5.74, 6) is -5.95. The molecular formula is C35H67NO10S. The van der Waals surface area contributed by atoms with E-state index in [1.807, 2.05) is 0 Å². The van der Waals surface area contributed by atoms with Gasteiger partial charge in [0.15, 0.2) is 0 Å². The Morgan fingerprint density at radius 1 is 0.617 bits per heavy atom. The molecule has 0 aliphatic rings. The molecule has 0 aromatic carbocycles. The second-order valence-electron chi connectivity index (χ2n) is 12.9. The van der Waals surface area contributed by atoms with Gasteiger partial charge < -0.3 is 20.2 Å². The lowest BCUT2D eigenvalue weighted by Crippen LogP contribution is -2.55. The zero-order valence-corrected chi connectivity index (χ0v) is 30.7. The number of rotatable bonds is 30. The molecule has 1 amide bonds. The molecule has 0 aliphatic carbocycles. The Labute approximate surface area is 285 Å². The minimum Gasteiger partial charge on any atom is -0.481 e. The Morgan fingerprint density at radius 2 is 1.00 bits per heavy atom. The van der Waals surface area contributed by atoms with Crippen LogP contribution in [0, 0.1) is 5.92 Å². The molecule has 0 bridgehead atoms. The maximum absolute atomic E-state index is 12.1. The number of nitrogens with zero attached hydrogens (tertiary/aromatic N) is 1. The smallest absolute Gasteiger partial charge is 0.328 e. The minimum atomic E-state index is -5.10. The van der Waals surface area contributed by atoms with Crippen molar-refractivity contribution in [3.8, 4) is 0 Å². The van der Waals surface area contributed by atoms with Gasteiger partial charge in [-0.1, -0.05) is 149 Å². The van der Waals surface area contributed by atoms with E-state index in [2.05, 4.69) is 20.8 Å². The molecular weight excluding hydrogens is 626 g/mol. The highest BCUT2D eigenvalue weighted by molar-refractivity contribution is 7.88. The van der Waals surface area contributed by atoms with Gasteiger partial charge in [0.05, 0.1) is 5.92 Å². The Morgan fingerprint density at radius 3 is 1.36 bits per heavy atom. The van der Waals surface area contributed by atoms with Gasteiger partial charge in [0.2, 0.25) is 10.7 Å². The lowest BCUT2D eigenvalue weighted by Gasteiger charge is -2.32. The van der Waals surface area contributed by atoms with Crippen LogP contribution < -0.4 is 0 Å². The Balaban J connectivity index is 0. The highest BCUT2D eigenvalue weighted by atomic mass is 32.2. The van der Waals surface area contributed by atoms with E-state index < -0.39 is 38.7 Å². The van der Waals surface area contributed by atoms with Crippen LogP contribution in [0.2, 0.25) is 0 Å². The molecule has 0 heterocycles.